The highest BCUT2D eigenvalue weighted by molar-refractivity contribution is 6.06. The maximum absolute atomic E-state index is 13.0. The van der Waals surface area contributed by atoms with E-state index < -0.39 is 0 Å². The Kier molecular flexibility index (Phi) is 5.78. The van der Waals surface area contributed by atoms with Crippen molar-refractivity contribution in [2.24, 2.45) is 0 Å². The van der Waals surface area contributed by atoms with Crippen molar-refractivity contribution in [1.82, 2.24) is 19.7 Å². The van der Waals surface area contributed by atoms with Crippen LogP contribution in [0.25, 0.3) is 10.9 Å². The summed E-state index contributed by atoms with van der Waals surface area (Å²) < 4.78 is 0. The zero-order valence-electron chi connectivity index (χ0n) is 16.9. The van der Waals surface area contributed by atoms with Crippen molar-refractivity contribution in [3.63, 3.8) is 0 Å². The highest BCUT2D eigenvalue weighted by Gasteiger charge is 2.30. The fraction of sp³-hybridized carbons (Fsp3) is 0.500. The van der Waals surface area contributed by atoms with E-state index in [1.165, 1.54) is 4.90 Å². The molecule has 0 saturated carbocycles. The molecule has 2 aliphatic rings. The van der Waals surface area contributed by atoms with E-state index in [1.54, 1.807) is 7.05 Å². The number of likely N-dealkylation sites (N-methyl/N-ethyl adjacent to an activating group) is 1. The minimum Gasteiger partial charge on any atom is -0.395 e. The Morgan fingerprint density at radius 3 is 2.76 bits per heavy atom. The summed E-state index contributed by atoms with van der Waals surface area (Å²) in [5.41, 5.74) is 2.33. The number of likely N-dealkylation sites (tertiary alicyclic amines) is 2. The molecule has 2 amide bonds. The number of amides is 2. The first-order valence-corrected chi connectivity index (χ1v) is 10.3. The quantitative estimate of drug-likeness (QED) is 0.797. The van der Waals surface area contributed by atoms with Crippen LogP contribution in [0.1, 0.15) is 34.8 Å². The molecular formula is C22H28N4O3. The summed E-state index contributed by atoms with van der Waals surface area (Å²) in [5, 5.41) is 10.0. The molecule has 4 rings (SSSR count). The third-order valence-electron chi connectivity index (χ3n) is 6.01. The molecule has 2 aromatic rings. The van der Waals surface area contributed by atoms with Crippen LogP contribution in [0.3, 0.4) is 0 Å². The fourth-order valence-electron chi connectivity index (χ4n) is 4.11. The molecule has 0 aliphatic carbocycles. The fourth-order valence-corrected chi connectivity index (χ4v) is 4.11. The summed E-state index contributed by atoms with van der Waals surface area (Å²) in [7, 11) is 1.70. The summed E-state index contributed by atoms with van der Waals surface area (Å²) in [6, 6.07) is 9.59. The third kappa shape index (κ3) is 4.11. The van der Waals surface area contributed by atoms with Crippen LogP contribution >= 0.6 is 0 Å². The Morgan fingerprint density at radius 1 is 1.24 bits per heavy atom. The number of hydrogen-bond donors (Lipinski definition) is 1. The SMILES string of the molecule is CN(CCO)C(=O)c1cc(C2CCN(CC(=O)N3CCC3)C2)nc2ccccc12. The molecule has 154 valence electrons. The highest BCUT2D eigenvalue weighted by atomic mass is 16.3. The molecule has 29 heavy (non-hydrogen) atoms. The summed E-state index contributed by atoms with van der Waals surface area (Å²) in [4.78, 5) is 35.7. The first kappa shape index (κ1) is 19.8. The van der Waals surface area contributed by atoms with E-state index >= 15 is 0 Å². The highest BCUT2D eigenvalue weighted by Crippen LogP contribution is 2.30. The molecular weight excluding hydrogens is 368 g/mol. The molecule has 0 bridgehead atoms. The van der Waals surface area contributed by atoms with Crippen LogP contribution < -0.4 is 0 Å². The number of carbonyl (C=O) groups is 2. The molecule has 1 unspecified atom stereocenters. The van der Waals surface area contributed by atoms with Gasteiger partial charge in [0.25, 0.3) is 5.91 Å². The zero-order chi connectivity index (χ0) is 20.4. The standard InChI is InChI=1S/C22H28N4O3/c1-24(11-12-27)22(29)18-13-20(23-19-6-3-2-5-17(18)19)16-7-10-25(14-16)15-21(28)26-8-4-9-26/h2-3,5-6,13,16,27H,4,7-12,14-15H2,1H3. The van der Waals surface area contributed by atoms with Crippen LogP contribution in [0, 0.1) is 0 Å². The van der Waals surface area contributed by atoms with E-state index in [1.807, 2.05) is 35.2 Å². The van der Waals surface area contributed by atoms with Gasteiger partial charge in [0.05, 0.1) is 24.2 Å². The predicted molar refractivity (Wildman–Crippen MR) is 111 cm³/mol. The van der Waals surface area contributed by atoms with Gasteiger partial charge in [-0.2, -0.15) is 0 Å². The summed E-state index contributed by atoms with van der Waals surface area (Å²) in [6.07, 6.45) is 2.04. The minimum atomic E-state index is -0.110. The van der Waals surface area contributed by atoms with Crippen LogP contribution in [0.2, 0.25) is 0 Å². The van der Waals surface area contributed by atoms with Crippen molar-refractivity contribution in [2.45, 2.75) is 18.8 Å². The Labute approximate surface area is 170 Å². The van der Waals surface area contributed by atoms with Crippen molar-refractivity contribution in [1.29, 1.82) is 0 Å². The second-order valence-electron chi connectivity index (χ2n) is 8.02. The van der Waals surface area contributed by atoms with Crippen molar-refractivity contribution < 1.29 is 14.7 Å². The van der Waals surface area contributed by atoms with Gasteiger partial charge in [0, 0.05) is 50.2 Å². The van der Waals surface area contributed by atoms with Crippen LogP contribution in [-0.2, 0) is 4.79 Å². The van der Waals surface area contributed by atoms with Gasteiger partial charge in [0.2, 0.25) is 5.91 Å². The number of fused-ring (bicyclic) bond motifs is 1. The van der Waals surface area contributed by atoms with E-state index in [-0.39, 0.29) is 24.3 Å². The van der Waals surface area contributed by atoms with Gasteiger partial charge in [0.1, 0.15) is 0 Å². The number of rotatable bonds is 6. The van der Waals surface area contributed by atoms with Gasteiger partial charge in [-0.25, -0.2) is 0 Å². The average molecular weight is 396 g/mol. The van der Waals surface area contributed by atoms with Crippen LogP contribution in [-0.4, -0.2) is 89.5 Å². The van der Waals surface area contributed by atoms with Gasteiger partial charge >= 0.3 is 0 Å². The lowest BCUT2D eigenvalue weighted by molar-refractivity contribution is -0.135. The number of benzene rings is 1. The summed E-state index contributed by atoms with van der Waals surface area (Å²) in [6.45, 7) is 4.11. The average Bonchev–Trinajstić information content (AvgIpc) is 3.13. The first-order valence-electron chi connectivity index (χ1n) is 10.3. The second kappa shape index (κ2) is 8.47. The number of aliphatic hydroxyl groups is 1. The van der Waals surface area contributed by atoms with E-state index in [0.29, 0.717) is 18.7 Å². The van der Waals surface area contributed by atoms with E-state index in [9.17, 15) is 14.7 Å². The van der Waals surface area contributed by atoms with E-state index in [4.69, 9.17) is 4.98 Å². The summed E-state index contributed by atoms with van der Waals surface area (Å²) >= 11 is 0. The van der Waals surface area contributed by atoms with Crippen molar-refractivity contribution in [3.8, 4) is 0 Å². The van der Waals surface area contributed by atoms with Gasteiger partial charge < -0.3 is 14.9 Å². The topological polar surface area (TPSA) is 77.0 Å². The lowest BCUT2D eigenvalue weighted by atomic mass is 9.99. The number of carbonyl (C=O) groups excluding carboxylic acids is 2. The van der Waals surface area contributed by atoms with Crippen LogP contribution in [0.15, 0.2) is 30.3 Å². The molecule has 3 heterocycles. The van der Waals surface area contributed by atoms with Crippen molar-refractivity contribution in [2.75, 3.05) is 52.9 Å². The van der Waals surface area contributed by atoms with Crippen LogP contribution in [0.4, 0.5) is 0 Å². The zero-order valence-corrected chi connectivity index (χ0v) is 16.9. The smallest absolute Gasteiger partial charge is 0.254 e. The van der Waals surface area contributed by atoms with E-state index in [0.717, 1.165) is 55.6 Å². The largest absolute Gasteiger partial charge is 0.395 e. The molecule has 2 aliphatic heterocycles. The molecule has 0 spiro atoms. The lowest BCUT2D eigenvalue weighted by Gasteiger charge is -2.32. The normalized spacial score (nSPS) is 19.4. The molecule has 7 nitrogen and oxygen atoms in total. The number of nitrogens with zero attached hydrogens (tertiary/aromatic N) is 4. The second-order valence-corrected chi connectivity index (χ2v) is 8.02. The van der Waals surface area contributed by atoms with Gasteiger partial charge in [-0.3, -0.25) is 19.5 Å². The monoisotopic (exact) mass is 396 g/mol. The molecule has 1 aromatic carbocycles. The Hall–Kier alpha value is -2.51. The molecule has 2 saturated heterocycles. The Morgan fingerprint density at radius 2 is 2.03 bits per heavy atom. The van der Waals surface area contributed by atoms with Crippen molar-refractivity contribution >= 4 is 22.7 Å². The number of pyridine rings is 1. The molecule has 7 heteroatoms. The predicted octanol–water partition coefficient (Wildman–Crippen LogP) is 1.32. The Bertz CT molecular complexity index is 912. The molecule has 1 atom stereocenters. The molecule has 0 radical (unpaired) electrons. The van der Waals surface area contributed by atoms with Gasteiger partial charge in [-0.05, 0) is 31.5 Å². The molecule has 2 fully saturated rings. The van der Waals surface area contributed by atoms with Gasteiger partial charge in [-0.1, -0.05) is 18.2 Å². The number of aliphatic hydroxyl groups excluding tert-OH is 1. The first-order chi connectivity index (χ1) is 14.1. The third-order valence-corrected chi connectivity index (χ3v) is 6.01. The van der Waals surface area contributed by atoms with Gasteiger partial charge in [0.15, 0.2) is 0 Å². The maximum Gasteiger partial charge on any atom is 0.254 e. The van der Waals surface area contributed by atoms with Crippen LogP contribution in [0.5, 0.6) is 0 Å². The van der Waals surface area contributed by atoms with E-state index in [2.05, 4.69) is 4.90 Å². The number of para-hydroxylation sites is 1. The lowest BCUT2D eigenvalue weighted by Crippen LogP contribution is -2.46. The summed E-state index contributed by atoms with van der Waals surface area (Å²) in [5.74, 6) is 0.310. The van der Waals surface area contributed by atoms with Gasteiger partial charge in [-0.15, -0.1) is 0 Å². The minimum absolute atomic E-state index is 0.0687. The van der Waals surface area contributed by atoms with Crippen molar-refractivity contribution in [3.05, 3.63) is 41.6 Å². The number of aromatic nitrogens is 1. The number of hydrogen-bond acceptors (Lipinski definition) is 5. The molecule has 1 N–H and O–H groups in total. The molecule has 1 aromatic heterocycles. The maximum atomic E-state index is 13.0. The Balaban J connectivity index is 1.56.